The molecule has 60 valence electrons. The average molecular weight is 261 g/mol. The van der Waals surface area contributed by atoms with E-state index in [9.17, 15) is 0 Å². The van der Waals surface area contributed by atoms with Gasteiger partial charge in [0.15, 0.2) is 0 Å². The van der Waals surface area contributed by atoms with Gasteiger partial charge in [0.1, 0.15) is 0 Å². The Labute approximate surface area is 82.0 Å². The van der Waals surface area contributed by atoms with E-state index in [0.29, 0.717) is 5.92 Å². The van der Waals surface area contributed by atoms with Gasteiger partial charge in [-0.25, -0.2) is 0 Å². The predicted octanol–water partition coefficient (Wildman–Crippen LogP) is 3.26. The van der Waals surface area contributed by atoms with E-state index in [1.165, 1.54) is 5.57 Å². The molecule has 1 rings (SSSR count). The first-order valence-electron chi connectivity index (χ1n) is 3.65. The van der Waals surface area contributed by atoms with Crippen LogP contribution in [0.5, 0.6) is 0 Å². The second-order valence-corrected chi connectivity index (χ2v) is 3.96. The van der Waals surface area contributed by atoms with E-state index in [-0.39, 0.29) is 0 Å². The summed E-state index contributed by atoms with van der Waals surface area (Å²) in [7, 11) is 0. The van der Waals surface area contributed by atoms with Gasteiger partial charge in [-0.05, 0) is 23.6 Å². The van der Waals surface area contributed by atoms with Gasteiger partial charge < -0.3 is 0 Å². The summed E-state index contributed by atoms with van der Waals surface area (Å²) in [6.07, 6.45) is 6.29. The van der Waals surface area contributed by atoms with Crippen molar-refractivity contribution >= 4 is 22.9 Å². The molecular formula is C9H12IN. The van der Waals surface area contributed by atoms with Gasteiger partial charge in [0.25, 0.3) is 0 Å². The molecule has 0 aromatic rings. The molecular weight excluding hydrogens is 249 g/mol. The molecule has 1 heterocycles. The van der Waals surface area contributed by atoms with E-state index in [4.69, 9.17) is 0 Å². The predicted molar refractivity (Wildman–Crippen MR) is 57.1 cm³/mol. The summed E-state index contributed by atoms with van der Waals surface area (Å²) in [5, 5.41) is 0. The smallest absolute Gasteiger partial charge is 0.0640 e. The molecule has 0 aromatic heterocycles. The van der Waals surface area contributed by atoms with E-state index in [0.717, 1.165) is 5.70 Å². The molecule has 11 heavy (non-hydrogen) atoms. The molecule has 0 unspecified atom stereocenters. The number of rotatable bonds is 1. The number of halogens is 1. The Balaban J connectivity index is 2.80. The first-order chi connectivity index (χ1) is 5.11. The fourth-order valence-corrected chi connectivity index (χ4v) is 1.21. The van der Waals surface area contributed by atoms with Crippen molar-refractivity contribution in [1.29, 1.82) is 0 Å². The normalized spacial score (nSPS) is 17.6. The summed E-state index contributed by atoms with van der Waals surface area (Å²) < 4.78 is 1.99. The van der Waals surface area contributed by atoms with Gasteiger partial charge in [-0.15, -0.1) is 0 Å². The summed E-state index contributed by atoms with van der Waals surface area (Å²) in [5.74, 6) is 0.591. The number of hydrogen-bond donors (Lipinski definition) is 0. The van der Waals surface area contributed by atoms with Crippen LogP contribution in [-0.2, 0) is 0 Å². The van der Waals surface area contributed by atoms with Crippen LogP contribution in [0.15, 0.2) is 36.2 Å². The molecule has 0 bridgehead atoms. The summed E-state index contributed by atoms with van der Waals surface area (Å²) in [4.78, 5) is 0. The lowest BCUT2D eigenvalue weighted by atomic mass is 10.0. The van der Waals surface area contributed by atoms with Crippen molar-refractivity contribution in [2.75, 3.05) is 0 Å². The van der Waals surface area contributed by atoms with Gasteiger partial charge in [0.05, 0.1) is 22.9 Å². The maximum Gasteiger partial charge on any atom is 0.0640 e. The average Bonchev–Trinajstić information content (AvgIpc) is 1.94. The molecule has 2 heteroatoms. The number of allylic oxidation sites excluding steroid dienone is 3. The van der Waals surface area contributed by atoms with Crippen molar-refractivity contribution < 1.29 is 0 Å². The van der Waals surface area contributed by atoms with Crippen LogP contribution in [0.4, 0.5) is 0 Å². The molecule has 0 spiro atoms. The number of hydrogen-bond acceptors (Lipinski definition) is 1. The van der Waals surface area contributed by atoms with Gasteiger partial charge in [-0.2, -0.15) is 0 Å². The van der Waals surface area contributed by atoms with E-state index < -0.39 is 0 Å². The van der Waals surface area contributed by atoms with Crippen LogP contribution in [0.3, 0.4) is 0 Å². The lowest BCUT2D eigenvalue weighted by molar-refractivity contribution is 0.757. The van der Waals surface area contributed by atoms with E-state index in [2.05, 4.69) is 55.4 Å². The highest BCUT2D eigenvalue weighted by atomic mass is 127. The van der Waals surface area contributed by atoms with Gasteiger partial charge >= 0.3 is 0 Å². The third-order valence-electron chi connectivity index (χ3n) is 1.67. The Morgan fingerprint density at radius 3 is 2.64 bits per heavy atom. The molecule has 0 saturated carbocycles. The molecule has 0 N–H and O–H groups in total. The van der Waals surface area contributed by atoms with Gasteiger partial charge in [0.2, 0.25) is 0 Å². The monoisotopic (exact) mass is 261 g/mol. The highest BCUT2D eigenvalue weighted by molar-refractivity contribution is 14.1. The lowest BCUT2D eigenvalue weighted by Crippen LogP contribution is -2.06. The van der Waals surface area contributed by atoms with Crippen molar-refractivity contribution in [3.63, 3.8) is 0 Å². The maximum absolute atomic E-state index is 3.92. The molecule has 0 radical (unpaired) electrons. The minimum atomic E-state index is 0.591. The SMILES string of the molecule is C=C1C=C(C(C)C)C=CN1I. The summed E-state index contributed by atoms with van der Waals surface area (Å²) in [5.41, 5.74) is 2.40. The van der Waals surface area contributed by atoms with Crippen molar-refractivity contribution in [2.24, 2.45) is 5.92 Å². The molecule has 1 aliphatic rings. The first-order valence-corrected chi connectivity index (χ1v) is 4.61. The zero-order valence-electron chi connectivity index (χ0n) is 6.84. The van der Waals surface area contributed by atoms with Crippen molar-refractivity contribution in [3.8, 4) is 0 Å². The molecule has 1 aliphatic heterocycles. The van der Waals surface area contributed by atoms with Gasteiger partial charge in [0, 0.05) is 11.9 Å². The third kappa shape index (κ3) is 2.09. The van der Waals surface area contributed by atoms with Gasteiger partial charge in [-0.1, -0.05) is 20.4 Å². The molecule has 0 aliphatic carbocycles. The Morgan fingerprint density at radius 2 is 2.18 bits per heavy atom. The van der Waals surface area contributed by atoms with Crippen LogP contribution in [0, 0.1) is 5.92 Å². The molecule has 1 nitrogen and oxygen atoms in total. The Kier molecular flexibility index (Phi) is 2.76. The third-order valence-corrected chi connectivity index (χ3v) is 2.61. The summed E-state index contributed by atoms with van der Waals surface area (Å²) >= 11 is 2.22. The zero-order chi connectivity index (χ0) is 8.43. The Bertz CT molecular complexity index is 226. The van der Waals surface area contributed by atoms with Gasteiger partial charge in [-0.3, -0.25) is 3.11 Å². The molecule has 0 amide bonds. The van der Waals surface area contributed by atoms with Crippen LogP contribution in [0.2, 0.25) is 0 Å². The highest BCUT2D eigenvalue weighted by Crippen LogP contribution is 2.23. The van der Waals surface area contributed by atoms with Crippen LogP contribution in [0.1, 0.15) is 13.8 Å². The Hall–Kier alpha value is -0.250. The van der Waals surface area contributed by atoms with Crippen molar-refractivity contribution in [1.82, 2.24) is 3.11 Å². The minimum Gasteiger partial charge on any atom is -0.291 e. The van der Waals surface area contributed by atoms with Crippen LogP contribution in [0.25, 0.3) is 0 Å². The second-order valence-electron chi connectivity index (χ2n) is 2.92. The first kappa shape index (κ1) is 8.84. The van der Waals surface area contributed by atoms with Crippen molar-refractivity contribution in [2.45, 2.75) is 13.8 Å². The molecule has 0 fully saturated rings. The largest absolute Gasteiger partial charge is 0.291 e. The minimum absolute atomic E-state index is 0.591. The summed E-state index contributed by atoms with van der Waals surface area (Å²) in [6.45, 7) is 8.29. The second kappa shape index (κ2) is 3.43. The van der Waals surface area contributed by atoms with E-state index in [1.807, 2.05) is 9.31 Å². The van der Waals surface area contributed by atoms with Crippen LogP contribution in [-0.4, -0.2) is 3.11 Å². The Morgan fingerprint density at radius 1 is 1.55 bits per heavy atom. The highest BCUT2D eigenvalue weighted by Gasteiger charge is 2.07. The summed E-state index contributed by atoms with van der Waals surface area (Å²) in [6, 6.07) is 0. The molecule has 0 atom stereocenters. The van der Waals surface area contributed by atoms with E-state index in [1.54, 1.807) is 0 Å². The van der Waals surface area contributed by atoms with Crippen LogP contribution < -0.4 is 0 Å². The molecule has 0 saturated heterocycles. The topological polar surface area (TPSA) is 3.24 Å². The zero-order valence-corrected chi connectivity index (χ0v) is 9.00. The quantitative estimate of drug-likeness (QED) is 0.517. The fourth-order valence-electron chi connectivity index (χ4n) is 0.909. The van der Waals surface area contributed by atoms with Crippen LogP contribution >= 0.6 is 22.9 Å². The van der Waals surface area contributed by atoms with Crippen molar-refractivity contribution in [3.05, 3.63) is 36.2 Å². The number of nitrogens with zero attached hydrogens (tertiary/aromatic N) is 1. The standard InChI is InChI=1S/C9H12IN/c1-7(2)9-4-5-11(10)8(3)6-9/h4-7H,3H2,1-2H3. The maximum atomic E-state index is 3.92. The lowest BCUT2D eigenvalue weighted by Gasteiger charge is -2.19. The fraction of sp³-hybridized carbons (Fsp3) is 0.333. The van der Waals surface area contributed by atoms with E-state index >= 15 is 0 Å². The molecule has 0 aromatic carbocycles.